The van der Waals surface area contributed by atoms with Crippen LogP contribution in [0.1, 0.15) is 12.7 Å². The lowest BCUT2D eigenvalue weighted by Gasteiger charge is -2.04. The van der Waals surface area contributed by atoms with Crippen molar-refractivity contribution in [1.29, 1.82) is 0 Å². The molecule has 1 heterocycles. The van der Waals surface area contributed by atoms with Crippen molar-refractivity contribution in [2.24, 2.45) is 0 Å². The average Bonchev–Trinajstić information content (AvgIpc) is 2.37. The molecular formula is C13H14ClN3S. The van der Waals surface area contributed by atoms with Gasteiger partial charge in [-0.15, -0.1) is 11.8 Å². The number of aromatic nitrogens is 2. The average molecular weight is 280 g/mol. The minimum Gasteiger partial charge on any atom is -0.370 e. The highest BCUT2D eigenvalue weighted by Crippen LogP contribution is 2.24. The van der Waals surface area contributed by atoms with E-state index < -0.39 is 0 Å². The van der Waals surface area contributed by atoms with Crippen molar-refractivity contribution < 1.29 is 0 Å². The number of hydrogen-bond acceptors (Lipinski definition) is 4. The molecule has 0 spiro atoms. The van der Waals surface area contributed by atoms with Crippen LogP contribution in [0.15, 0.2) is 41.4 Å². The van der Waals surface area contributed by atoms with Gasteiger partial charge >= 0.3 is 0 Å². The van der Waals surface area contributed by atoms with E-state index in [4.69, 9.17) is 11.6 Å². The summed E-state index contributed by atoms with van der Waals surface area (Å²) in [7, 11) is 0. The molecular weight excluding hydrogens is 266 g/mol. The van der Waals surface area contributed by atoms with Crippen LogP contribution < -0.4 is 5.32 Å². The third-order valence-electron chi connectivity index (χ3n) is 2.23. The van der Waals surface area contributed by atoms with Crippen molar-refractivity contribution in [3.05, 3.63) is 47.4 Å². The highest BCUT2D eigenvalue weighted by molar-refractivity contribution is 7.98. The van der Waals surface area contributed by atoms with E-state index in [1.165, 1.54) is 0 Å². The van der Waals surface area contributed by atoms with Gasteiger partial charge in [-0.2, -0.15) is 0 Å². The number of anilines is 1. The maximum absolute atomic E-state index is 5.94. The van der Waals surface area contributed by atoms with Gasteiger partial charge in [0.1, 0.15) is 11.6 Å². The van der Waals surface area contributed by atoms with Crippen LogP contribution in [0.5, 0.6) is 0 Å². The van der Waals surface area contributed by atoms with Gasteiger partial charge in [-0.1, -0.05) is 17.7 Å². The molecule has 0 amide bonds. The predicted octanol–water partition coefficient (Wildman–Crippen LogP) is 3.85. The molecule has 0 saturated carbocycles. The van der Waals surface area contributed by atoms with E-state index in [0.717, 1.165) is 33.9 Å². The predicted molar refractivity (Wildman–Crippen MR) is 77.2 cm³/mol. The number of benzene rings is 1. The number of rotatable bonds is 5. The Morgan fingerprint density at radius 3 is 3.00 bits per heavy atom. The Morgan fingerprint density at radius 2 is 2.22 bits per heavy atom. The summed E-state index contributed by atoms with van der Waals surface area (Å²) in [6, 6.07) is 9.66. The molecule has 5 heteroatoms. The fourth-order valence-corrected chi connectivity index (χ4v) is 2.53. The van der Waals surface area contributed by atoms with Crippen molar-refractivity contribution in [3.8, 4) is 0 Å². The van der Waals surface area contributed by atoms with Crippen LogP contribution in [0.3, 0.4) is 0 Å². The third-order valence-corrected chi connectivity index (χ3v) is 3.45. The topological polar surface area (TPSA) is 37.8 Å². The van der Waals surface area contributed by atoms with Gasteiger partial charge in [0.05, 0.1) is 5.75 Å². The van der Waals surface area contributed by atoms with E-state index in [1.54, 1.807) is 18.0 Å². The molecule has 1 aromatic carbocycles. The molecule has 0 fully saturated rings. The number of nitrogens with one attached hydrogen (secondary N) is 1. The van der Waals surface area contributed by atoms with Crippen LogP contribution in [-0.4, -0.2) is 16.5 Å². The molecule has 0 radical (unpaired) electrons. The summed E-state index contributed by atoms with van der Waals surface area (Å²) in [5.74, 6) is 2.42. The fourth-order valence-electron chi connectivity index (χ4n) is 1.45. The number of hydrogen-bond donors (Lipinski definition) is 1. The van der Waals surface area contributed by atoms with Gasteiger partial charge in [-0.05, 0) is 31.2 Å². The Labute approximate surface area is 116 Å². The summed E-state index contributed by atoms with van der Waals surface area (Å²) in [4.78, 5) is 9.80. The molecule has 0 saturated heterocycles. The van der Waals surface area contributed by atoms with Crippen LogP contribution in [0.2, 0.25) is 5.02 Å². The van der Waals surface area contributed by atoms with Crippen LogP contribution in [0.25, 0.3) is 0 Å². The molecule has 1 N–H and O–H groups in total. The molecule has 0 unspecified atom stereocenters. The number of halogens is 1. The first-order valence-electron chi connectivity index (χ1n) is 5.72. The summed E-state index contributed by atoms with van der Waals surface area (Å²) < 4.78 is 0. The summed E-state index contributed by atoms with van der Waals surface area (Å²) in [5, 5.41) is 3.93. The Kier molecular flexibility index (Phi) is 4.84. The lowest BCUT2D eigenvalue weighted by atomic mass is 10.4. The second-order valence-electron chi connectivity index (χ2n) is 3.63. The summed E-state index contributed by atoms with van der Waals surface area (Å²) in [6.07, 6.45) is 1.78. The van der Waals surface area contributed by atoms with Crippen molar-refractivity contribution in [2.45, 2.75) is 17.6 Å². The molecule has 3 nitrogen and oxygen atoms in total. The second kappa shape index (κ2) is 6.61. The first-order chi connectivity index (χ1) is 8.78. The molecule has 0 aliphatic heterocycles. The maximum atomic E-state index is 5.94. The molecule has 0 atom stereocenters. The van der Waals surface area contributed by atoms with Gasteiger partial charge in [0.15, 0.2) is 0 Å². The molecule has 1 aromatic heterocycles. The van der Waals surface area contributed by atoms with Crippen molar-refractivity contribution >= 4 is 29.2 Å². The van der Waals surface area contributed by atoms with Gasteiger partial charge in [0, 0.05) is 22.7 Å². The third kappa shape index (κ3) is 3.89. The van der Waals surface area contributed by atoms with Crippen LogP contribution in [0.4, 0.5) is 5.82 Å². The van der Waals surface area contributed by atoms with Crippen LogP contribution in [-0.2, 0) is 5.75 Å². The van der Waals surface area contributed by atoms with Crippen molar-refractivity contribution in [3.63, 3.8) is 0 Å². The Hall–Kier alpha value is -1.26. The van der Waals surface area contributed by atoms with Crippen molar-refractivity contribution in [1.82, 2.24) is 9.97 Å². The lowest BCUT2D eigenvalue weighted by Crippen LogP contribution is -2.02. The standard InChI is InChI=1S/C13H14ClN3S/c1-2-15-12-6-7-16-13(17-12)9-18-11-5-3-4-10(14)8-11/h3-8H,2,9H2,1H3,(H,15,16,17). The summed E-state index contributed by atoms with van der Waals surface area (Å²) >= 11 is 7.62. The first kappa shape index (κ1) is 13.2. The second-order valence-corrected chi connectivity index (χ2v) is 5.12. The number of nitrogens with zero attached hydrogens (tertiary/aromatic N) is 2. The maximum Gasteiger partial charge on any atom is 0.140 e. The SMILES string of the molecule is CCNc1ccnc(CSc2cccc(Cl)c2)n1. The minimum absolute atomic E-state index is 0.736. The Balaban J connectivity index is 1.99. The molecule has 2 aromatic rings. The zero-order valence-corrected chi connectivity index (χ0v) is 11.6. The van der Waals surface area contributed by atoms with E-state index in [2.05, 4.69) is 15.3 Å². The van der Waals surface area contributed by atoms with Gasteiger partial charge in [-0.3, -0.25) is 0 Å². The number of thioether (sulfide) groups is 1. The zero-order chi connectivity index (χ0) is 12.8. The monoisotopic (exact) mass is 279 g/mol. The van der Waals surface area contributed by atoms with Gasteiger partial charge in [0.2, 0.25) is 0 Å². The molecule has 0 aliphatic rings. The zero-order valence-electron chi connectivity index (χ0n) is 10.1. The largest absolute Gasteiger partial charge is 0.370 e. The van der Waals surface area contributed by atoms with E-state index in [1.807, 2.05) is 37.3 Å². The Bertz CT molecular complexity index is 519. The van der Waals surface area contributed by atoms with E-state index in [0.29, 0.717) is 0 Å². The highest BCUT2D eigenvalue weighted by atomic mass is 35.5. The summed E-state index contributed by atoms with van der Waals surface area (Å²) in [6.45, 7) is 2.90. The molecule has 18 heavy (non-hydrogen) atoms. The Morgan fingerprint density at radius 1 is 1.33 bits per heavy atom. The smallest absolute Gasteiger partial charge is 0.140 e. The van der Waals surface area contributed by atoms with Crippen molar-refractivity contribution in [2.75, 3.05) is 11.9 Å². The lowest BCUT2D eigenvalue weighted by molar-refractivity contribution is 1.02. The van der Waals surface area contributed by atoms with E-state index in [-0.39, 0.29) is 0 Å². The highest BCUT2D eigenvalue weighted by Gasteiger charge is 2.01. The van der Waals surface area contributed by atoms with Gasteiger partial charge < -0.3 is 5.32 Å². The molecule has 2 rings (SSSR count). The van der Waals surface area contributed by atoms with Gasteiger partial charge in [-0.25, -0.2) is 9.97 Å². The molecule has 0 aliphatic carbocycles. The van der Waals surface area contributed by atoms with E-state index >= 15 is 0 Å². The quantitative estimate of drug-likeness (QED) is 0.844. The van der Waals surface area contributed by atoms with Gasteiger partial charge in [0.25, 0.3) is 0 Å². The fraction of sp³-hybridized carbons (Fsp3) is 0.231. The minimum atomic E-state index is 0.736. The first-order valence-corrected chi connectivity index (χ1v) is 7.08. The van der Waals surface area contributed by atoms with E-state index in [9.17, 15) is 0 Å². The molecule has 0 bridgehead atoms. The summed E-state index contributed by atoms with van der Waals surface area (Å²) in [5.41, 5.74) is 0. The van der Waals surface area contributed by atoms with Crippen LogP contribution >= 0.6 is 23.4 Å². The van der Waals surface area contributed by atoms with Crippen LogP contribution in [0, 0.1) is 0 Å². The molecule has 94 valence electrons. The normalized spacial score (nSPS) is 10.3.